The van der Waals surface area contributed by atoms with Crippen LogP contribution in [0.25, 0.3) is 0 Å². The maximum atomic E-state index is 6.51. The standard InChI is InChI=1S/C15H16BrClO2/c1-3-5-6-9(17)12-10-7-11-15(18-10)13(12)14(19-11)8(16)4-2/h1,5-6,9-13,15H,4,7H2,2H3/b6-5+,14-8-. The molecule has 3 heterocycles. The molecule has 0 aromatic rings. The van der Waals surface area contributed by atoms with Gasteiger partial charge in [-0.15, -0.1) is 18.0 Å². The topological polar surface area (TPSA) is 18.5 Å². The SMILES string of the molecule is C#C/C=C/C(Cl)C1C2CC3O/C(=C(\Br)CC)C1C3O2. The normalized spacial score (nSPS) is 43.4. The van der Waals surface area contributed by atoms with E-state index < -0.39 is 0 Å². The summed E-state index contributed by atoms with van der Waals surface area (Å²) >= 11 is 10.1. The van der Waals surface area contributed by atoms with Crippen LogP contribution in [0, 0.1) is 24.2 Å². The molecule has 0 amide bonds. The highest BCUT2D eigenvalue weighted by molar-refractivity contribution is 9.11. The highest BCUT2D eigenvalue weighted by Gasteiger charge is 2.63. The lowest BCUT2D eigenvalue weighted by molar-refractivity contribution is 0.0690. The van der Waals surface area contributed by atoms with Crippen LogP contribution in [0.3, 0.4) is 0 Å². The molecule has 0 saturated carbocycles. The Labute approximate surface area is 127 Å². The maximum Gasteiger partial charge on any atom is 0.128 e. The Morgan fingerprint density at radius 1 is 1.63 bits per heavy atom. The molecule has 3 aliphatic heterocycles. The largest absolute Gasteiger partial charge is 0.491 e. The minimum atomic E-state index is -0.106. The van der Waals surface area contributed by atoms with Crippen molar-refractivity contribution in [1.82, 2.24) is 0 Å². The van der Waals surface area contributed by atoms with Crippen LogP contribution in [0.1, 0.15) is 19.8 Å². The molecule has 3 rings (SSSR count). The summed E-state index contributed by atoms with van der Waals surface area (Å²) in [4.78, 5) is 0. The van der Waals surface area contributed by atoms with E-state index in [9.17, 15) is 0 Å². The monoisotopic (exact) mass is 342 g/mol. The molecule has 6 unspecified atom stereocenters. The predicted molar refractivity (Wildman–Crippen MR) is 79.0 cm³/mol. The summed E-state index contributed by atoms with van der Waals surface area (Å²) < 4.78 is 13.2. The van der Waals surface area contributed by atoms with E-state index in [-0.39, 0.29) is 35.5 Å². The Morgan fingerprint density at radius 2 is 2.42 bits per heavy atom. The van der Waals surface area contributed by atoms with Crippen LogP contribution < -0.4 is 0 Å². The van der Waals surface area contributed by atoms with Gasteiger partial charge in [0.1, 0.15) is 18.0 Å². The molecule has 6 atom stereocenters. The summed E-state index contributed by atoms with van der Waals surface area (Å²) in [7, 11) is 0. The number of alkyl halides is 1. The van der Waals surface area contributed by atoms with Crippen molar-refractivity contribution < 1.29 is 9.47 Å². The number of fused-ring (bicyclic) bond motifs is 1. The van der Waals surface area contributed by atoms with Gasteiger partial charge < -0.3 is 9.47 Å². The number of ether oxygens (including phenoxy) is 2. The van der Waals surface area contributed by atoms with Gasteiger partial charge in [-0.25, -0.2) is 0 Å². The van der Waals surface area contributed by atoms with Gasteiger partial charge in [-0.05, 0) is 12.5 Å². The fourth-order valence-corrected chi connectivity index (χ4v) is 4.25. The number of hydrogen-bond acceptors (Lipinski definition) is 2. The average Bonchev–Trinajstić information content (AvgIpc) is 3.02. The van der Waals surface area contributed by atoms with E-state index in [1.54, 1.807) is 6.08 Å². The van der Waals surface area contributed by atoms with Crippen LogP contribution in [0.15, 0.2) is 22.4 Å². The summed E-state index contributed by atoms with van der Waals surface area (Å²) in [5.74, 6) is 4.06. The number of allylic oxidation sites excluding steroid dienone is 3. The third-order valence-electron chi connectivity index (χ3n) is 4.26. The molecule has 0 N–H and O–H groups in total. The molecular weight excluding hydrogens is 328 g/mol. The highest BCUT2D eigenvalue weighted by atomic mass is 79.9. The minimum Gasteiger partial charge on any atom is -0.491 e. The van der Waals surface area contributed by atoms with Crippen LogP contribution >= 0.6 is 27.5 Å². The van der Waals surface area contributed by atoms with Crippen LogP contribution in [-0.4, -0.2) is 23.7 Å². The average molecular weight is 344 g/mol. The zero-order valence-corrected chi connectivity index (χ0v) is 13.0. The molecule has 2 nitrogen and oxygen atoms in total. The van der Waals surface area contributed by atoms with Gasteiger partial charge in [0.15, 0.2) is 0 Å². The van der Waals surface area contributed by atoms with E-state index in [4.69, 9.17) is 27.5 Å². The van der Waals surface area contributed by atoms with E-state index in [0.29, 0.717) is 0 Å². The smallest absolute Gasteiger partial charge is 0.128 e. The van der Waals surface area contributed by atoms with Gasteiger partial charge in [-0.2, -0.15) is 0 Å². The van der Waals surface area contributed by atoms with Crippen LogP contribution in [0.2, 0.25) is 0 Å². The molecule has 0 aliphatic carbocycles. The van der Waals surface area contributed by atoms with Gasteiger partial charge in [0, 0.05) is 16.8 Å². The zero-order chi connectivity index (χ0) is 13.6. The van der Waals surface area contributed by atoms with E-state index in [1.807, 2.05) is 6.08 Å². The molecule has 3 saturated heterocycles. The second kappa shape index (κ2) is 5.16. The summed E-state index contributed by atoms with van der Waals surface area (Å²) in [6.45, 7) is 2.11. The second-order valence-corrected chi connectivity index (χ2v) is 6.69. The van der Waals surface area contributed by atoms with Crippen molar-refractivity contribution in [3.05, 3.63) is 22.4 Å². The van der Waals surface area contributed by atoms with Gasteiger partial charge in [0.25, 0.3) is 0 Å². The Hall–Kier alpha value is -0.430. The number of halogens is 2. The fraction of sp³-hybridized carbons (Fsp3) is 0.600. The van der Waals surface area contributed by atoms with Crippen LogP contribution in [-0.2, 0) is 9.47 Å². The third kappa shape index (κ3) is 2.05. The summed E-state index contributed by atoms with van der Waals surface area (Å²) in [5.41, 5.74) is 0. The molecule has 4 heteroatoms. The third-order valence-corrected chi connectivity index (χ3v) is 5.65. The van der Waals surface area contributed by atoms with E-state index in [2.05, 4.69) is 28.8 Å². The first-order chi connectivity index (χ1) is 9.17. The minimum absolute atomic E-state index is 0.106. The van der Waals surface area contributed by atoms with Crippen molar-refractivity contribution in [2.24, 2.45) is 11.8 Å². The van der Waals surface area contributed by atoms with Crippen molar-refractivity contribution in [3.8, 4) is 12.3 Å². The first kappa shape index (κ1) is 13.5. The molecule has 0 aromatic heterocycles. The molecule has 2 bridgehead atoms. The van der Waals surface area contributed by atoms with Crippen molar-refractivity contribution in [2.75, 3.05) is 0 Å². The molecule has 19 heavy (non-hydrogen) atoms. The molecule has 0 spiro atoms. The Balaban J connectivity index is 1.91. The summed E-state index contributed by atoms with van der Waals surface area (Å²) in [6.07, 6.45) is 11.3. The van der Waals surface area contributed by atoms with Gasteiger partial charge in [0.05, 0.1) is 17.4 Å². The zero-order valence-electron chi connectivity index (χ0n) is 10.7. The summed E-state index contributed by atoms with van der Waals surface area (Å²) in [6, 6.07) is 0. The van der Waals surface area contributed by atoms with Gasteiger partial charge in [-0.3, -0.25) is 0 Å². The predicted octanol–water partition coefficient (Wildman–Crippen LogP) is 3.60. The molecule has 3 aliphatic rings. The molecule has 0 radical (unpaired) electrons. The number of terminal acetylenes is 1. The van der Waals surface area contributed by atoms with Crippen LogP contribution in [0.5, 0.6) is 0 Å². The highest BCUT2D eigenvalue weighted by Crippen LogP contribution is 2.56. The quantitative estimate of drug-likeness (QED) is 0.576. The first-order valence-corrected chi connectivity index (χ1v) is 7.87. The Bertz CT molecular complexity index is 477. The van der Waals surface area contributed by atoms with E-state index in [1.165, 1.54) is 0 Å². The van der Waals surface area contributed by atoms with E-state index in [0.717, 1.165) is 23.1 Å². The van der Waals surface area contributed by atoms with Crippen molar-refractivity contribution in [1.29, 1.82) is 0 Å². The number of hydrogen-bond donors (Lipinski definition) is 0. The molecule has 102 valence electrons. The lowest BCUT2D eigenvalue weighted by Crippen LogP contribution is -2.34. The van der Waals surface area contributed by atoms with Gasteiger partial charge in [-0.1, -0.05) is 34.9 Å². The van der Waals surface area contributed by atoms with Gasteiger partial charge in [0.2, 0.25) is 0 Å². The van der Waals surface area contributed by atoms with Crippen molar-refractivity contribution in [3.63, 3.8) is 0 Å². The lowest BCUT2D eigenvalue weighted by atomic mass is 9.77. The fourth-order valence-electron chi connectivity index (χ4n) is 3.50. The Kier molecular flexibility index (Phi) is 3.68. The Morgan fingerprint density at radius 3 is 3.11 bits per heavy atom. The first-order valence-electron chi connectivity index (χ1n) is 6.64. The summed E-state index contributed by atoms with van der Waals surface area (Å²) in [5, 5.41) is -0.106. The molecule has 0 aromatic carbocycles. The second-order valence-electron chi connectivity index (χ2n) is 5.23. The van der Waals surface area contributed by atoms with Crippen LogP contribution in [0.4, 0.5) is 0 Å². The number of rotatable bonds is 3. The van der Waals surface area contributed by atoms with E-state index >= 15 is 0 Å². The molecule has 3 fully saturated rings. The lowest BCUT2D eigenvalue weighted by Gasteiger charge is -2.25. The van der Waals surface area contributed by atoms with Crippen molar-refractivity contribution >= 4 is 27.5 Å². The molecular formula is C15H16BrClO2. The van der Waals surface area contributed by atoms with Gasteiger partial charge >= 0.3 is 0 Å². The maximum absolute atomic E-state index is 6.51. The van der Waals surface area contributed by atoms with Crippen molar-refractivity contribution in [2.45, 2.75) is 43.5 Å².